The highest BCUT2D eigenvalue weighted by Crippen LogP contribution is 2.18. The number of ether oxygens (including phenoxy) is 2. The van der Waals surface area contributed by atoms with E-state index in [2.05, 4.69) is 0 Å². The maximum atomic E-state index is 9.33. The van der Waals surface area contributed by atoms with Gasteiger partial charge in [0, 0.05) is 27.6 Å². The van der Waals surface area contributed by atoms with Gasteiger partial charge in [-0.1, -0.05) is 0 Å². The molecule has 0 spiro atoms. The van der Waals surface area contributed by atoms with Gasteiger partial charge in [-0.2, -0.15) is 5.06 Å². The SMILES string of the molecule is CO[C@H]1OC[C@H](O)C[C@@H]1ON(C)C. The van der Waals surface area contributed by atoms with Crippen LogP contribution in [0.2, 0.25) is 0 Å². The molecular formula is C8H17NO4. The van der Waals surface area contributed by atoms with Gasteiger partial charge in [0.15, 0.2) is 6.29 Å². The fourth-order valence-electron chi connectivity index (χ4n) is 1.34. The molecule has 0 radical (unpaired) electrons. The summed E-state index contributed by atoms with van der Waals surface area (Å²) in [6, 6.07) is 0. The Bertz CT molecular complexity index is 151. The van der Waals surface area contributed by atoms with E-state index in [0.717, 1.165) is 0 Å². The lowest BCUT2D eigenvalue weighted by molar-refractivity contribution is -0.290. The predicted octanol–water partition coefficient (Wildman–Crippen LogP) is -0.398. The Labute approximate surface area is 78.1 Å². The van der Waals surface area contributed by atoms with Crippen molar-refractivity contribution in [3.8, 4) is 0 Å². The Morgan fingerprint density at radius 3 is 2.69 bits per heavy atom. The van der Waals surface area contributed by atoms with Crippen molar-refractivity contribution in [3.05, 3.63) is 0 Å². The topological polar surface area (TPSA) is 51.2 Å². The quantitative estimate of drug-likeness (QED) is 0.615. The first-order valence-electron chi connectivity index (χ1n) is 4.30. The van der Waals surface area contributed by atoms with Gasteiger partial charge in [0.1, 0.15) is 6.10 Å². The molecule has 1 N–H and O–H groups in total. The van der Waals surface area contributed by atoms with Gasteiger partial charge in [0.2, 0.25) is 0 Å². The standard InChI is InChI=1S/C8H17NO4/c1-9(2)13-7-4-6(10)5-12-8(7)11-3/h6-8,10H,4-5H2,1-3H3/t6-,7+,8+/m1/s1. The van der Waals surface area contributed by atoms with Crippen LogP contribution >= 0.6 is 0 Å². The van der Waals surface area contributed by atoms with Gasteiger partial charge in [-0.15, -0.1) is 0 Å². The molecule has 0 unspecified atom stereocenters. The summed E-state index contributed by atoms with van der Waals surface area (Å²) in [4.78, 5) is 5.39. The molecule has 78 valence electrons. The zero-order chi connectivity index (χ0) is 9.84. The third-order valence-corrected chi connectivity index (χ3v) is 1.84. The number of hydrogen-bond acceptors (Lipinski definition) is 5. The monoisotopic (exact) mass is 191 g/mol. The molecule has 0 aromatic rings. The minimum atomic E-state index is -0.462. The predicted molar refractivity (Wildman–Crippen MR) is 45.9 cm³/mol. The van der Waals surface area contributed by atoms with Gasteiger partial charge in [0.05, 0.1) is 12.7 Å². The largest absolute Gasteiger partial charge is 0.391 e. The number of aliphatic hydroxyl groups is 1. The van der Waals surface area contributed by atoms with Crippen LogP contribution in [-0.2, 0) is 14.3 Å². The van der Waals surface area contributed by atoms with Crippen molar-refractivity contribution >= 4 is 0 Å². The van der Waals surface area contributed by atoms with E-state index in [0.29, 0.717) is 13.0 Å². The van der Waals surface area contributed by atoms with E-state index in [4.69, 9.17) is 14.3 Å². The molecule has 5 heteroatoms. The molecule has 3 atom stereocenters. The van der Waals surface area contributed by atoms with Crippen molar-refractivity contribution in [2.45, 2.75) is 24.9 Å². The van der Waals surface area contributed by atoms with Crippen LogP contribution < -0.4 is 0 Å². The fraction of sp³-hybridized carbons (Fsp3) is 1.00. The summed E-state index contributed by atoms with van der Waals surface area (Å²) in [6.07, 6.45) is -0.539. The van der Waals surface area contributed by atoms with Gasteiger partial charge in [-0.3, -0.25) is 4.84 Å². The first-order chi connectivity index (χ1) is 6.13. The van der Waals surface area contributed by atoms with E-state index in [-0.39, 0.29) is 12.4 Å². The molecule has 5 nitrogen and oxygen atoms in total. The second-order valence-corrected chi connectivity index (χ2v) is 3.28. The van der Waals surface area contributed by atoms with E-state index in [9.17, 15) is 5.11 Å². The van der Waals surface area contributed by atoms with Crippen LogP contribution in [-0.4, -0.2) is 56.5 Å². The number of aliphatic hydroxyl groups excluding tert-OH is 1. The van der Waals surface area contributed by atoms with E-state index in [1.165, 1.54) is 0 Å². The van der Waals surface area contributed by atoms with Crippen LogP contribution in [0.3, 0.4) is 0 Å². The smallest absolute Gasteiger partial charge is 0.185 e. The molecule has 0 aromatic heterocycles. The first kappa shape index (κ1) is 10.9. The fourth-order valence-corrected chi connectivity index (χ4v) is 1.34. The zero-order valence-corrected chi connectivity index (χ0v) is 8.27. The van der Waals surface area contributed by atoms with Crippen molar-refractivity contribution < 1.29 is 19.4 Å². The lowest BCUT2D eigenvalue weighted by Crippen LogP contribution is -2.45. The molecule has 1 aliphatic rings. The number of methoxy groups -OCH3 is 1. The minimum Gasteiger partial charge on any atom is -0.391 e. The van der Waals surface area contributed by atoms with Crippen molar-refractivity contribution in [1.82, 2.24) is 5.06 Å². The van der Waals surface area contributed by atoms with E-state index >= 15 is 0 Å². The lowest BCUT2D eigenvalue weighted by Gasteiger charge is -2.34. The molecule has 0 saturated carbocycles. The zero-order valence-electron chi connectivity index (χ0n) is 8.27. The van der Waals surface area contributed by atoms with Crippen molar-refractivity contribution in [2.75, 3.05) is 27.8 Å². The van der Waals surface area contributed by atoms with Crippen LogP contribution in [0.5, 0.6) is 0 Å². The molecule has 1 rings (SSSR count). The highest BCUT2D eigenvalue weighted by molar-refractivity contribution is 4.73. The Balaban J connectivity index is 2.44. The maximum Gasteiger partial charge on any atom is 0.185 e. The summed E-state index contributed by atoms with van der Waals surface area (Å²) in [5.41, 5.74) is 0. The number of hydroxylamine groups is 2. The van der Waals surface area contributed by atoms with E-state index < -0.39 is 6.10 Å². The third kappa shape index (κ3) is 3.21. The molecule has 1 fully saturated rings. The van der Waals surface area contributed by atoms with Gasteiger partial charge < -0.3 is 14.6 Å². The average Bonchev–Trinajstić information content (AvgIpc) is 2.03. The molecule has 1 aliphatic heterocycles. The summed E-state index contributed by atoms with van der Waals surface area (Å²) >= 11 is 0. The molecule has 0 amide bonds. The summed E-state index contributed by atoms with van der Waals surface area (Å²) in [6.45, 7) is 0.311. The maximum absolute atomic E-state index is 9.33. The minimum absolute atomic E-state index is 0.233. The van der Waals surface area contributed by atoms with Crippen molar-refractivity contribution in [1.29, 1.82) is 0 Å². The Kier molecular flexibility index (Phi) is 4.08. The average molecular weight is 191 g/mol. The van der Waals surface area contributed by atoms with E-state index in [1.807, 2.05) is 0 Å². The molecule has 0 aromatic carbocycles. The van der Waals surface area contributed by atoms with Gasteiger partial charge in [0.25, 0.3) is 0 Å². The van der Waals surface area contributed by atoms with Crippen LogP contribution in [0, 0.1) is 0 Å². The lowest BCUT2D eigenvalue weighted by atomic mass is 10.1. The van der Waals surface area contributed by atoms with Crippen LogP contribution in [0.25, 0.3) is 0 Å². The van der Waals surface area contributed by atoms with E-state index in [1.54, 1.807) is 26.3 Å². The highest BCUT2D eigenvalue weighted by Gasteiger charge is 2.32. The Morgan fingerprint density at radius 2 is 2.15 bits per heavy atom. The first-order valence-corrected chi connectivity index (χ1v) is 4.30. The molecule has 1 heterocycles. The number of nitrogens with zero attached hydrogens (tertiary/aromatic N) is 1. The second kappa shape index (κ2) is 4.88. The molecular weight excluding hydrogens is 174 g/mol. The summed E-state index contributed by atoms with van der Waals surface area (Å²) in [7, 11) is 5.13. The highest BCUT2D eigenvalue weighted by atomic mass is 16.7. The summed E-state index contributed by atoms with van der Waals surface area (Å²) in [5.74, 6) is 0. The van der Waals surface area contributed by atoms with Crippen LogP contribution in [0.15, 0.2) is 0 Å². The van der Waals surface area contributed by atoms with Gasteiger partial charge in [-0.25, -0.2) is 0 Å². The Morgan fingerprint density at radius 1 is 1.46 bits per heavy atom. The molecule has 13 heavy (non-hydrogen) atoms. The second-order valence-electron chi connectivity index (χ2n) is 3.28. The Hall–Kier alpha value is -0.200. The third-order valence-electron chi connectivity index (χ3n) is 1.84. The van der Waals surface area contributed by atoms with Crippen LogP contribution in [0.1, 0.15) is 6.42 Å². The van der Waals surface area contributed by atoms with Crippen LogP contribution in [0.4, 0.5) is 0 Å². The molecule has 0 bridgehead atoms. The van der Waals surface area contributed by atoms with Crippen molar-refractivity contribution in [3.63, 3.8) is 0 Å². The molecule has 1 saturated heterocycles. The molecule has 0 aliphatic carbocycles. The van der Waals surface area contributed by atoms with Crippen molar-refractivity contribution in [2.24, 2.45) is 0 Å². The summed E-state index contributed by atoms with van der Waals surface area (Å²) < 4.78 is 10.3. The van der Waals surface area contributed by atoms with Gasteiger partial charge in [-0.05, 0) is 0 Å². The summed E-state index contributed by atoms with van der Waals surface area (Å²) in [5, 5.41) is 10.9. The normalized spacial score (nSPS) is 35.3. The number of rotatable bonds is 3. The van der Waals surface area contributed by atoms with Gasteiger partial charge >= 0.3 is 0 Å². The number of hydrogen-bond donors (Lipinski definition) is 1.